The number of anilines is 1. The highest BCUT2D eigenvalue weighted by Crippen LogP contribution is 2.28. The van der Waals surface area contributed by atoms with E-state index in [2.05, 4.69) is 16.3 Å². The van der Waals surface area contributed by atoms with Crippen LogP contribution in [-0.2, 0) is 4.79 Å². The van der Waals surface area contributed by atoms with E-state index in [1.807, 2.05) is 6.92 Å². The van der Waals surface area contributed by atoms with Crippen LogP contribution in [0.3, 0.4) is 0 Å². The van der Waals surface area contributed by atoms with E-state index in [4.69, 9.17) is 5.26 Å². The zero-order chi connectivity index (χ0) is 16.1. The molecule has 1 amide bonds. The maximum atomic E-state index is 12.1. The maximum absolute atomic E-state index is 12.1. The van der Waals surface area contributed by atoms with Gasteiger partial charge in [-0.2, -0.15) is 5.26 Å². The van der Waals surface area contributed by atoms with Gasteiger partial charge in [0.15, 0.2) is 5.78 Å². The summed E-state index contributed by atoms with van der Waals surface area (Å²) in [7, 11) is 0. The van der Waals surface area contributed by atoms with Crippen LogP contribution in [0.5, 0.6) is 0 Å². The Kier molecular flexibility index (Phi) is 5.16. The van der Waals surface area contributed by atoms with E-state index in [0.29, 0.717) is 24.2 Å². The summed E-state index contributed by atoms with van der Waals surface area (Å²) in [5.74, 6) is -0.0353. The van der Waals surface area contributed by atoms with Crippen molar-refractivity contribution in [1.29, 1.82) is 5.26 Å². The first-order chi connectivity index (χ1) is 10.6. The molecule has 2 rings (SSSR count). The summed E-state index contributed by atoms with van der Waals surface area (Å²) >= 11 is 0. The number of ketones is 1. The number of benzene rings is 1. The molecule has 1 saturated heterocycles. The topological polar surface area (TPSA) is 73.2 Å². The number of hydrogen-bond donors (Lipinski definition) is 1. The average Bonchev–Trinajstić information content (AvgIpc) is 2.54. The molecular weight excluding hydrogens is 278 g/mol. The minimum Gasteiger partial charge on any atom is -0.370 e. The highest BCUT2D eigenvalue weighted by Gasteiger charge is 2.27. The summed E-state index contributed by atoms with van der Waals surface area (Å²) in [5.41, 5.74) is 1.90. The number of rotatable bonds is 4. The minimum absolute atomic E-state index is 0.0281. The van der Waals surface area contributed by atoms with Crippen LogP contribution in [-0.4, -0.2) is 31.3 Å². The van der Waals surface area contributed by atoms with Crippen LogP contribution in [0.25, 0.3) is 0 Å². The van der Waals surface area contributed by atoms with Crippen LogP contribution in [0.4, 0.5) is 5.69 Å². The summed E-state index contributed by atoms with van der Waals surface area (Å²) in [4.78, 5) is 26.0. The van der Waals surface area contributed by atoms with Crippen LogP contribution in [0.1, 0.15) is 42.6 Å². The molecule has 0 aromatic heterocycles. The summed E-state index contributed by atoms with van der Waals surface area (Å²) in [6.45, 7) is 5.43. The number of carbonyl (C=O) groups excluding carboxylic acids is 2. The number of hydrogen-bond acceptors (Lipinski definition) is 4. The largest absolute Gasteiger partial charge is 0.370 e. The van der Waals surface area contributed by atoms with Gasteiger partial charge in [-0.25, -0.2) is 0 Å². The molecule has 116 valence electrons. The number of amides is 1. The first-order valence-electron chi connectivity index (χ1n) is 7.64. The van der Waals surface area contributed by atoms with Gasteiger partial charge in [0.05, 0.1) is 17.6 Å². The molecule has 1 unspecified atom stereocenters. The molecule has 5 heteroatoms. The minimum atomic E-state index is -0.0701. The third-order valence-corrected chi connectivity index (χ3v) is 3.99. The fourth-order valence-electron chi connectivity index (χ4n) is 2.89. The van der Waals surface area contributed by atoms with Gasteiger partial charge in [0, 0.05) is 30.9 Å². The van der Waals surface area contributed by atoms with Crippen LogP contribution in [0.2, 0.25) is 0 Å². The fourth-order valence-corrected chi connectivity index (χ4v) is 2.89. The Morgan fingerprint density at radius 3 is 2.86 bits per heavy atom. The second kappa shape index (κ2) is 7.08. The highest BCUT2D eigenvalue weighted by molar-refractivity contribution is 6.00. The van der Waals surface area contributed by atoms with Gasteiger partial charge in [-0.1, -0.05) is 0 Å². The van der Waals surface area contributed by atoms with E-state index < -0.39 is 0 Å². The van der Waals surface area contributed by atoms with Gasteiger partial charge in [0.25, 0.3) is 0 Å². The second-order valence-corrected chi connectivity index (χ2v) is 5.58. The molecule has 1 aliphatic heterocycles. The molecule has 1 N–H and O–H groups in total. The normalized spacial score (nSPS) is 17.7. The van der Waals surface area contributed by atoms with Crippen molar-refractivity contribution in [2.45, 2.75) is 26.7 Å². The van der Waals surface area contributed by atoms with E-state index >= 15 is 0 Å². The lowest BCUT2D eigenvalue weighted by molar-refractivity contribution is -0.125. The lowest BCUT2D eigenvalue weighted by Crippen LogP contribution is -2.43. The standard InChI is InChI=1S/C17H21N3O2/c1-3-19-17(22)14-5-4-8-20(11-14)16-9-13(10-18)6-7-15(16)12(2)21/h6-7,9,14H,3-5,8,11H2,1-2H3,(H,19,22). The summed E-state index contributed by atoms with van der Waals surface area (Å²) in [6.07, 6.45) is 1.76. The summed E-state index contributed by atoms with van der Waals surface area (Å²) < 4.78 is 0. The first kappa shape index (κ1) is 16.0. The molecule has 5 nitrogen and oxygen atoms in total. The number of nitrogens with zero attached hydrogens (tertiary/aromatic N) is 2. The smallest absolute Gasteiger partial charge is 0.224 e. The third-order valence-electron chi connectivity index (χ3n) is 3.99. The molecule has 1 atom stereocenters. The molecule has 1 fully saturated rings. The quantitative estimate of drug-likeness (QED) is 0.864. The second-order valence-electron chi connectivity index (χ2n) is 5.58. The van der Waals surface area contributed by atoms with Crippen molar-refractivity contribution in [3.8, 4) is 6.07 Å². The Labute approximate surface area is 130 Å². The zero-order valence-corrected chi connectivity index (χ0v) is 13.1. The van der Waals surface area contributed by atoms with Gasteiger partial charge >= 0.3 is 0 Å². The van der Waals surface area contributed by atoms with Crippen molar-refractivity contribution in [3.63, 3.8) is 0 Å². The molecule has 1 aliphatic rings. The number of carbonyl (C=O) groups is 2. The summed E-state index contributed by atoms with van der Waals surface area (Å²) in [5, 5.41) is 11.9. The van der Waals surface area contributed by atoms with E-state index in [1.165, 1.54) is 6.92 Å². The third kappa shape index (κ3) is 3.45. The Hall–Kier alpha value is -2.35. The van der Waals surface area contributed by atoms with Gasteiger partial charge in [-0.05, 0) is 44.9 Å². The number of piperidine rings is 1. The molecule has 0 spiro atoms. The molecule has 0 aliphatic carbocycles. The van der Waals surface area contributed by atoms with Crippen LogP contribution < -0.4 is 10.2 Å². The van der Waals surface area contributed by atoms with Gasteiger partial charge in [-0.3, -0.25) is 9.59 Å². The van der Waals surface area contributed by atoms with Crippen molar-refractivity contribution in [1.82, 2.24) is 5.32 Å². The summed E-state index contributed by atoms with van der Waals surface area (Å²) in [6, 6.07) is 7.22. The molecule has 22 heavy (non-hydrogen) atoms. The van der Waals surface area contributed by atoms with Crippen LogP contribution in [0, 0.1) is 17.2 Å². The predicted molar refractivity (Wildman–Crippen MR) is 84.8 cm³/mol. The van der Waals surface area contributed by atoms with Crippen molar-refractivity contribution in [2.75, 3.05) is 24.5 Å². The van der Waals surface area contributed by atoms with Crippen molar-refractivity contribution in [2.24, 2.45) is 5.92 Å². The molecule has 0 radical (unpaired) electrons. The lowest BCUT2D eigenvalue weighted by Gasteiger charge is -2.34. The Morgan fingerprint density at radius 1 is 1.45 bits per heavy atom. The Morgan fingerprint density at radius 2 is 2.23 bits per heavy atom. The number of nitrogens with one attached hydrogen (secondary N) is 1. The monoisotopic (exact) mass is 299 g/mol. The predicted octanol–water partition coefficient (Wildman–Crippen LogP) is 2.11. The van der Waals surface area contributed by atoms with Gasteiger partial charge in [0.2, 0.25) is 5.91 Å². The molecule has 0 bridgehead atoms. The SMILES string of the molecule is CCNC(=O)C1CCCN(c2cc(C#N)ccc2C(C)=O)C1. The molecular formula is C17H21N3O2. The van der Waals surface area contributed by atoms with Crippen LogP contribution in [0.15, 0.2) is 18.2 Å². The molecule has 1 aromatic carbocycles. The van der Waals surface area contributed by atoms with E-state index in [-0.39, 0.29) is 17.6 Å². The van der Waals surface area contributed by atoms with E-state index in [1.54, 1.807) is 18.2 Å². The molecule has 1 heterocycles. The van der Waals surface area contributed by atoms with Crippen molar-refractivity contribution < 1.29 is 9.59 Å². The lowest BCUT2D eigenvalue weighted by atomic mass is 9.95. The maximum Gasteiger partial charge on any atom is 0.224 e. The molecule has 1 aromatic rings. The van der Waals surface area contributed by atoms with Gasteiger partial charge in [-0.15, -0.1) is 0 Å². The van der Waals surface area contributed by atoms with Gasteiger partial charge < -0.3 is 10.2 Å². The highest BCUT2D eigenvalue weighted by atomic mass is 16.2. The molecule has 0 saturated carbocycles. The Bertz CT molecular complexity index is 619. The fraction of sp³-hybridized carbons (Fsp3) is 0.471. The Balaban J connectivity index is 2.28. The van der Waals surface area contributed by atoms with E-state index in [0.717, 1.165) is 25.1 Å². The van der Waals surface area contributed by atoms with Crippen molar-refractivity contribution >= 4 is 17.4 Å². The first-order valence-corrected chi connectivity index (χ1v) is 7.64. The zero-order valence-electron chi connectivity index (χ0n) is 13.1. The number of nitriles is 1. The van der Waals surface area contributed by atoms with E-state index in [9.17, 15) is 9.59 Å². The number of Topliss-reactive ketones (excluding diaryl/α,β-unsaturated/α-hetero) is 1. The van der Waals surface area contributed by atoms with Crippen LogP contribution >= 0.6 is 0 Å². The average molecular weight is 299 g/mol. The van der Waals surface area contributed by atoms with Gasteiger partial charge in [0.1, 0.15) is 0 Å². The van der Waals surface area contributed by atoms with Crippen molar-refractivity contribution in [3.05, 3.63) is 29.3 Å².